The highest BCUT2D eigenvalue weighted by Crippen LogP contribution is 2.27. The Bertz CT molecular complexity index is 864. The molecule has 0 saturated carbocycles. The van der Waals surface area contributed by atoms with Crippen molar-refractivity contribution >= 4 is 17.6 Å². The van der Waals surface area contributed by atoms with Crippen LogP contribution >= 0.6 is 0 Å². The number of aromatic nitrogens is 2. The molecule has 0 unspecified atom stereocenters. The quantitative estimate of drug-likeness (QED) is 0.599. The van der Waals surface area contributed by atoms with E-state index >= 15 is 0 Å². The number of hydrogen-bond donors (Lipinski definition) is 1. The highest BCUT2D eigenvalue weighted by Gasteiger charge is 2.23. The molecule has 0 bridgehead atoms. The lowest BCUT2D eigenvalue weighted by atomic mass is 9.92. The van der Waals surface area contributed by atoms with Crippen molar-refractivity contribution in [2.24, 2.45) is 0 Å². The molecule has 164 valence electrons. The second kappa shape index (κ2) is 10.4. The average Bonchev–Trinajstić information content (AvgIpc) is 3.11. The summed E-state index contributed by atoms with van der Waals surface area (Å²) in [4.78, 5) is 26.8. The lowest BCUT2D eigenvalue weighted by molar-refractivity contribution is -0.134. The van der Waals surface area contributed by atoms with Crippen LogP contribution in [0.2, 0.25) is 0 Å². The number of unbranched alkanes of at least 4 members (excludes halogenated alkanes) is 2. The fourth-order valence-corrected chi connectivity index (χ4v) is 3.25. The average molecular weight is 413 g/mol. The molecular weight excluding hydrogens is 376 g/mol. The third-order valence-corrected chi connectivity index (χ3v) is 5.11. The molecule has 0 atom stereocenters. The summed E-state index contributed by atoms with van der Waals surface area (Å²) < 4.78 is 1.79. The van der Waals surface area contributed by atoms with Crippen LogP contribution in [0.25, 0.3) is 5.69 Å². The number of carbonyl (C=O) groups excluding carboxylic acids is 2. The molecule has 2 amide bonds. The van der Waals surface area contributed by atoms with Gasteiger partial charge in [-0.1, -0.05) is 65.7 Å². The van der Waals surface area contributed by atoms with Gasteiger partial charge in [-0.2, -0.15) is 5.10 Å². The van der Waals surface area contributed by atoms with Crippen LogP contribution in [0.4, 0.5) is 5.82 Å². The molecule has 0 radical (unpaired) electrons. The Kier molecular flexibility index (Phi) is 8.21. The maximum absolute atomic E-state index is 12.9. The molecule has 0 aliphatic rings. The molecule has 1 aromatic heterocycles. The van der Waals surface area contributed by atoms with Crippen molar-refractivity contribution < 1.29 is 9.59 Å². The van der Waals surface area contributed by atoms with Crippen molar-refractivity contribution in [3.8, 4) is 5.69 Å². The first-order valence-electron chi connectivity index (χ1n) is 10.9. The molecule has 0 aliphatic carbocycles. The third kappa shape index (κ3) is 6.18. The number of para-hydroxylation sites is 1. The van der Waals surface area contributed by atoms with Crippen molar-refractivity contribution in [3.05, 3.63) is 41.6 Å². The molecule has 1 aromatic carbocycles. The lowest BCUT2D eigenvalue weighted by Gasteiger charge is -2.21. The van der Waals surface area contributed by atoms with E-state index in [0.29, 0.717) is 18.8 Å². The monoisotopic (exact) mass is 412 g/mol. The van der Waals surface area contributed by atoms with Gasteiger partial charge in [-0.15, -0.1) is 0 Å². The first-order valence-corrected chi connectivity index (χ1v) is 10.9. The number of carbonyl (C=O) groups is 2. The largest absolute Gasteiger partial charge is 0.333 e. The summed E-state index contributed by atoms with van der Waals surface area (Å²) in [5, 5.41) is 7.77. The molecular formula is C24H36N4O2. The Balaban J connectivity index is 2.27. The molecule has 6 nitrogen and oxygen atoms in total. The van der Waals surface area contributed by atoms with Gasteiger partial charge in [0.25, 0.3) is 0 Å². The normalized spacial score (nSPS) is 11.4. The second-order valence-electron chi connectivity index (χ2n) is 8.79. The number of nitrogens with zero attached hydrogens (tertiary/aromatic N) is 3. The van der Waals surface area contributed by atoms with Crippen LogP contribution in [0.3, 0.4) is 0 Å². The molecule has 6 heteroatoms. The van der Waals surface area contributed by atoms with E-state index in [1.807, 2.05) is 44.2 Å². The van der Waals surface area contributed by atoms with E-state index in [9.17, 15) is 9.59 Å². The summed E-state index contributed by atoms with van der Waals surface area (Å²) in [5.74, 6) is 0.421. The van der Waals surface area contributed by atoms with Gasteiger partial charge in [0.1, 0.15) is 5.82 Å². The van der Waals surface area contributed by atoms with Gasteiger partial charge in [0, 0.05) is 24.4 Å². The zero-order valence-electron chi connectivity index (χ0n) is 19.3. The summed E-state index contributed by atoms with van der Waals surface area (Å²) in [6.07, 6.45) is 3.43. The third-order valence-electron chi connectivity index (χ3n) is 5.11. The number of amides is 2. The number of benzene rings is 1. The Hall–Kier alpha value is -2.63. The number of hydrogen-bond acceptors (Lipinski definition) is 3. The molecule has 1 N–H and O–H groups in total. The number of rotatable bonds is 9. The Morgan fingerprint density at radius 3 is 2.43 bits per heavy atom. The maximum atomic E-state index is 12.9. The summed E-state index contributed by atoms with van der Waals surface area (Å²) in [5.41, 5.74) is 2.73. The summed E-state index contributed by atoms with van der Waals surface area (Å²) in [7, 11) is 0. The van der Waals surface area contributed by atoms with Gasteiger partial charge in [0.15, 0.2) is 0 Å². The molecule has 0 aliphatic heterocycles. The molecule has 1 heterocycles. The van der Waals surface area contributed by atoms with Gasteiger partial charge in [-0.05, 0) is 25.0 Å². The van der Waals surface area contributed by atoms with Crippen LogP contribution in [0.15, 0.2) is 30.3 Å². The van der Waals surface area contributed by atoms with Crippen LogP contribution in [-0.4, -0.2) is 39.6 Å². The topological polar surface area (TPSA) is 67.2 Å². The van der Waals surface area contributed by atoms with Gasteiger partial charge >= 0.3 is 0 Å². The molecule has 2 aromatic rings. The van der Waals surface area contributed by atoms with E-state index in [2.05, 4.69) is 33.0 Å². The van der Waals surface area contributed by atoms with Crippen molar-refractivity contribution in [2.75, 3.05) is 18.4 Å². The Morgan fingerprint density at radius 2 is 1.83 bits per heavy atom. The van der Waals surface area contributed by atoms with Crippen LogP contribution < -0.4 is 5.32 Å². The summed E-state index contributed by atoms with van der Waals surface area (Å²) >= 11 is 0. The van der Waals surface area contributed by atoms with Crippen molar-refractivity contribution in [2.45, 2.75) is 72.6 Å². The van der Waals surface area contributed by atoms with E-state index in [1.165, 1.54) is 0 Å². The van der Waals surface area contributed by atoms with E-state index in [1.54, 1.807) is 9.58 Å². The maximum Gasteiger partial charge on any atom is 0.245 e. The Labute approximate surface area is 180 Å². The van der Waals surface area contributed by atoms with Gasteiger partial charge in [-0.25, -0.2) is 4.68 Å². The minimum Gasteiger partial charge on any atom is -0.333 e. The number of nitrogens with one attached hydrogen (secondary N) is 1. The summed E-state index contributed by atoms with van der Waals surface area (Å²) in [6.45, 7) is 12.9. The van der Waals surface area contributed by atoms with Crippen LogP contribution in [0, 0.1) is 6.92 Å². The molecule has 2 rings (SSSR count). The first-order chi connectivity index (χ1) is 14.2. The zero-order chi connectivity index (χ0) is 22.3. The number of anilines is 1. The zero-order valence-corrected chi connectivity index (χ0v) is 19.3. The SMILES string of the molecule is CCCCCN(CC(=O)Nc1cc(C(C)(C)C)nn1-c1ccccc1C)C(=O)CC. The van der Waals surface area contributed by atoms with Crippen molar-refractivity contribution in [1.82, 2.24) is 14.7 Å². The molecule has 0 spiro atoms. The van der Waals surface area contributed by atoms with Crippen LogP contribution in [0.1, 0.15) is 71.6 Å². The van der Waals surface area contributed by atoms with Crippen LogP contribution in [0.5, 0.6) is 0 Å². The number of aryl methyl sites for hydroxylation is 1. The smallest absolute Gasteiger partial charge is 0.245 e. The fraction of sp³-hybridized carbons (Fsp3) is 0.542. The van der Waals surface area contributed by atoms with E-state index in [0.717, 1.165) is 36.2 Å². The molecule has 0 saturated heterocycles. The lowest BCUT2D eigenvalue weighted by Crippen LogP contribution is -2.38. The highest BCUT2D eigenvalue weighted by atomic mass is 16.2. The van der Waals surface area contributed by atoms with E-state index in [-0.39, 0.29) is 23.8 Å². The fourth-order valence-electron chi connectivity index (χ4n) is 3.25. The second-order valence-corrected chi connectivity index (χ2v) is 8.79. The minimum absolute atomic E-state index is 0.00375. The molecule has 30 heavy (non-hydrogen) atoms. The molecule has 0 fully saturated rings. The minimum atomic E-state index is -0.205. The van der Waals surface area contributed by atoms with Crippen molar-refractivity contribution in [1.29, 1.82) is 0 Å². The van der Waals surface area contributed by atoms with E-state index < -0.39 is 0 Å². The van der Waals surface area contributed by atoms with Gasteiger partial charge in [-0.3, -0.25) is 9.59 Å². The Morgan fingerprint density at radius 1 is 1.13 bits per heavy atom. The van der Waals surface area contributed by atoms with Gasteiger partial charge in [0.05, 0.1) is 17.9 Å². The van der Waals surface area contributed by atoms with Crippen LogP contribution in [-0.2, 0) is 15.0 Å². The van der Waals surface area contributed by atoms with Gasteiger partial charge < -0.3 is 10.2 Å². The predicted molar refractivity (Wildman–Crippen MR) is 122 cm³/mol. The highest BCUT2D eigenvalue weighted by molar-refractivity contribution is 5.94. The standard InChI is InChI=1S/C24H36N4O2/c1-7-9-12-15-27(23(30)8-2)17-22(29)25-21-16-20(24(4,5)6)26-28(21)19-14-11-10-13-18(19)3/h10-11,13-14,16H,7-9,12,15,17H2,1-6H3,(H,25,29). The van der Waals surface area contributed by atoms with Gasteiger partial charge in [0.2, 0.25) is 11.8 Å². The van der Waals surface area contributed by atoms with Crippen molar-refractivity contribution in [3.63, 3.8) is 0 Å². The summed E-state index contributed by atoms with van der Waals surface area (Å²) in [6, 6.07) is 9.88. The first kappa shape index (κ1) is 23.6. The van der Waals surface area contributed by atoms with E-state index in [4.69, 9.17) is 5.10 Å². The predicted octanol–water partition coefficient (Wildman–Crippen LogP) is 4.85.